The summed E-state index contributed by atoms with van der Waals surface area (Å²) in [4.78, 5) is 11.6. The van der Waals surface area contributed by atoms with Crippen LogP contribution in [0.4, 0.5) is 0 Å². The van der Waals surface area contributed by atoms with Gasteiger partial charge in [-0.05, 0) is 6.42 Å². The number of carbonyl (C=O) groups excluding carboxylic acids is 1. The third kappa shape index (κ3) is 19.4. The zero-order chi connectivity index (χ0) is 17.7. The lowest BCUT2D eigenvalue weighted by Gasteiger charge is -2.07. The van der Waals surface area contributed by atoms with E-state index in [4.69, 9.17) is 5.11 Å². The van der Waals surface area contributed by atoms with Gasteiger partial charge < -0.3 is 21.1 Å². The summed E-state index contributed by atoms with van der Waals surface area (Å²) in [6.45, 7) is 6.22. The third-order valence-electron chi connectivity index (χ3n) is 4.15. The van der Waals surface area contributed by atoms with E-state index in [0.717, 1.165) is 26.1 Å². The fourth-order valence-corrected chi connectivity index (χ4v) is 2.64. The molecule has 0 aromatic heterocycles. The first-order chi connectivity index (χ1) is 11.8. The van der Waals surface area contributed by atoms with Gasteiger partial charge in [-0.3, -0.25) is 4.79 Å². The largest absolute Gasteiger partial charge is 0.395 e. The molecule has 0 saturated heterocycles. The third-order valence-corrected chi connectivity index (χ3v) is 4.15. The van der Waals surface area contributed by atoms with Crippen LogP contribution in [0.25, 0.3) is 0 Å². The van der Waals surface area contributed by atoms with Crippen LogP contribution in [0, 0.1) is 0 Å². The molecule has 1 amide bonds. The van der Waals surface area contributed by atoms with E-state index >= 15 is 0 Å². The maximum absolute atomic E-state index is 11.6. The molecule has 5 nitrogen and oxygen atoms in total. The average molecular weight is 344 g/mol. The second kappa shape index (κ2) is 20.4. The summed E-state index contributed by atoms with van der Waals surface area (Å²) >= 11 is 0. The van der Waals surface area contributed by atoms with Crippen LogP contribution in [0.3, 0.4) is 0 Å². The molecule has 4 N–H and O–H groups in total. The number of carbonyl (C=O) groups is 1. The molecule has 144 valence electrons. The van der Waals surface area contributed by atoms with Gasteiger partial charge in [0.2, 0.25) is 5.91 Å². The Bertz CT molecular complexity index is 263. The average Bonchev–Trinajstić information content (AvgIpc) is 2.59. The molecular formula is C19H41N3O2. The van der Waals surface area contributed by atoms with Gasteiger partial charge in [-0.25, -0.2) is 0 Å². The fraction of sp³-hybridized carbons (Fsp3) is 0.947. The van der Waals surface area contributed by atoms with E-state index in [-0.39, 0.29) is 12.5 Å². The molecule has 0 bridgehead atoms. The Labute approximate surface area is 149 Å². The quantitative estimate of drug-likeness (QED) is 0.272. The van der Waals surface area contributed by atoms with Gasteiger partial charge >= 0.3 is 0 Å². The van der Waals surface area contributed by atoms with Crippen molar-refractivity contribution in [1.82, 2.24) is 16.0 Å². The highest BCUT2D eigenvalue weighted by molar-refractivity contribution is 5.75. The molecule has 0 heterocycles. The van der Waals surface area contributed by atoms with Gasteiger partial charge in [0.1, 0.15) is 0 Å². The molecule has 0 aromatic rings. The van der Waals surface area contributed by atoms with Crippen LogP contribution in [0.15, 0.2) is 0 Å². The summed E-state index contributed by atoms with van der Waals surface area (Å²) in [5, 5.41) is 17.9. The predicted molar refractivity (Wildman–Crippen MR) is 102 cm³/mol. The molecule has 5 heteroatoms. The highest BCUT2D eigenvalue weighted by Crippen LogP contribution is 2.10. The fourth-order valence-electron chi connectivity index (χ4n) is 2.64. The number of aliphatic hydroxyl groups is 1. The number of aliphatic hydroxyl groups excluding tert-OH is 1. The van der Waals surface area contributed by atoms with Crippen molar-refractivity contribution in [3.63, 3.8) is 0 Å². The standard InChI is InChI=1S/C19H41N3O2/c1-2-3-4-5-6-7-8-9-10-11-13-22-19(24)12-14-20-15-16-21-17-18-23/h20-21,23H,2-18H2,1H3,(H,22,24). The molecule has 0 aromatic carbocycles. The molecular weight excluding hydrogens is 302 g/mol. The highest BCUT2D eigenvalue weighted by atomic mass is 16.3. The molecule has 0 rings (SSSR count). The van der Waals surface area contributed by atoms with Gasteiger partial charge in [-0.1, -0.05) is 64.7 Å². The van der Waals surface area contributed by atoms with E-state index in [9.17, 15) is 4.79 Å². The van der Waals surface area contributed by atoms with E-state index in [1.165, 1.54) is 57.8 Å². The molecule has 0 aliphatic carbocycles. The van der Waals surface area contributed by atoms with Gasteiger partial charge in [0.05, 0.1) is 6.61 Å². The number of amides is 1. The summed E-state index contributed by atoms with van der Waals surface area (Å²) < 4.78 is 0. The molecule has 0 saturated carbocycles. The van der Waals surface area contributed by atoms with Crippen molar-refractivity contribution in [2.45, 2.75) is 77.6 Å². The van der Waals surface area contributed by atoms with Crippen molar-refractivity contribution in [1.29, 1.82) is 0 Å². The van der Waals surface area contributed by atoms with Crippen LogP contribution in [0.1, 0.15) is 77.6 Å². The second-order valence-corrected chi connectivity index (χ2v) is 6.51. The normalized spacial score (nSPS) is 10.9. The first-order valence-electron chi connectivity index (χ1n) is 10.1. The molecule has 0 atom stereocenters. The first-order valence-corrected chi connectivity index (χ1v) is 10.1. The van der Waals surface area contributed by atoms with Crippen molar-refractivity contribution >= 4 is 5.91 Å². The summed E-state index contributed by atoms with van der Waals surface area (Å²) in [6.07, 6.45) is 13.8. The van der Waals surface area contributed by atoms with E-state index < -0.39 is 0 Å². The molecule has 0 unspecified atom stereocenters. The summed E-state index contributed by atoms with van der Waals surface area (Å²) in [6, 6.07) is 0. The highest BCUT2D eigenvalue weighted by Gasteiger charge is 1.99. The van der Waals surface area contributed by atoms with Crippen LogP contribution < -0.4 is 16.0 Å². The Hall–Kier alpha value is -0.650. The Kier molecular flexibility index (Phi) is 19.8. The van der Waals surface area contributed by atoms with Gasteiger partial charge in [0, 0.05) is 39.1 Å². The van der Waals surface area contributed by atoms with Gasteiger partial charge in [-0.2, -0.15) is 0 Å². The Balaban J connectivity index is 3.12. The monoisotopic (exact) mass is 343 g/mol. The molecule has 0 fully saturated rings. The van der Waals surface area contributed by atoms with Crippen molar-refractivity contribution in [3.8, 4) is 0 Å². The molecule has 0 aliphatic heterocycles. The first kappa shape index (κ1) is 23.4. The van der Waals surface area contributed by atoms with Crippen molar-refractivity contribution in [2.75, 3.05) is 39.3 Å². The lowest BCUT2D eigenvalue weighted by Crippen LogP contribution is -2.32. The maximum atomic E-state index is 11.6. The summed E-state index contributed by atoms with van der Waals surface area (Å²) in [5.41, 5.74) is 0. The van der Waals surface area contributed by atoms with E-state index in [0.29, 0.717) is 19.5 Å². The van der Waals surface area contributed by atoms with E-state index in [2.05, 4.69) is 22.9 Å². The SMILES string of the molecule is CCCCCCCCCCCCNC(=O)CCNCCNCCO. The number of hydrogen-bond donors (Lipinski definition) is 4. The molecule has 0 radical (unpaired) electrons. The topological polar surface area (TPSA) is 73.4 Å². The number of nitrogens with one attached hydrogen (secondary N) is 3. The minimum absolute atomic E-state index is 0.141. The zero-order valence-corrected chi connectivity index (χ0v) is 15.9. The summed E-state index contributed by atoms with van der Waals surface area (Å²) in [5.74, 6) is 0.141. The predicted octanol–water partition coefficient (Wildman–Crippen LogP) is 2.59. The lowest BCUT2D eigenvalue weighted by molar-refractivity contribution is -0.121. The van der Waals surface area contributed by atoms with Crippen molar-refractivity contribution < 1.29 is 9.90 Å². The van der Waals surface area contributed by atoms with Crippen LogP contribution in [-0.4, -0.2) is 50.3 Å². The van der Waals surface area contributed by atoms with Crippen LogP contribution >= 0.6 is 0 Å². The van der Waals surface area contributed by atoms with Gasteiger partial charge in [-0.15, -0.1) is 0 Å². The number of unbranched alkanes of at least 4 members (excludes halogenated alkanes) is 9. The Morgan fingerprint density at radius 1 is 0.708 bits per heavy atom. The smallest absolute Gasteiger partial charge is 0.221 e. The number of rotatable bonds is 19. The van der Waals surface area contributed by atoms with E-state index in [1.54, 1.807) is 0 Å². The molecule has 24 heavy (non-hydrogen) atoms. The molecule has 0 aliphatic rings. The lowest BCUT2D eigenvalue weighted by atomic mass is 10.1. The van der Waals surface area contributed by atoms with Crippen molar-refractivity contribution in [2.24, 2.45) is 0 Å². The maximum Gasteiger partial charge on any atom is 0.221 e. The van der Waals surface area contributed by atoms with Crippen molar-refractivity contribution in [3.05, 3.63) is 0 Å². The Morgan fingerprint density at radius 3 is 1.83 bits per heavy atom. The van der Waals surface area contributed by atoms with E-state index in [1.807, 2.05) is 0 Å². The van der Waals surface area contributed by atoms with Crippen LogP contribution in [0.5, 0.6) is 0 Å². The van der Waals surface area contributed by atoms with Gasteiger partial charge in [0.25, 0.3) is 0 Å². The minimum Gasteiger partial charge on any atom is -0.395 e. The molecule has 0 spiro atoms. The summed E-state index contributed by atoms with van der Waals surface area (Å²) in [7, 11) is 0. The Morgan fingerprint density at radius 2 is 1.25 bits per heavy atom. The van der Waals surface area contributed by atoms with Crippen LogP contribution in [-0.2, 0) is 4.79 Å². The zero-order valence-electron chi connectivity index (χ0n) is 15.9. The van der Waals surface area contributed by atoms with Crippen LogP contribution in [0.2, 0.25) is 0 Å². The minimum atomic E-state index is 0.141. The number of hydrogen-bond acceptors (Lipinski definition) is 4. The second-order valence-electron chi connectivity index (χ2n) is 6.51. The van der Waals surface area contributed by atoms with Gasteiger partial charge in [0.15, 0.2) is 0 Å².